The van der Waals surface area contributed by atoms with Crippen LogP contribution in [0.3, 0.4) is 0 Å². The zero-order valence-electron chi connectivity index (χ0n) is 12.3. The van der Waals surface area contributed by atoms with E-state index in [4.69, 9.17) is 5.73 Å². The number of carbonyl (C=O) groups excluding carboxylic acids is 1. The predicted octanol–water partition coefficient (Wildman–Crippen LogP) is 1.65. The molecular formula is C14H23FN4O. The minimum atomic E-state index is -0.760. The van der Waals surface area contributed by atoms with E-state index in [0.717, 1.165) is 19.4 Å². The van der Waals surface area contributed by atoms with Gasteiger partial charge in [0.25, 0.3) is 5.91 Å². The molecule has 1 amide bonds. The molecule has 1 aromatic rings. The highest BCUT2D eigenvalue weighted by Crippen LogP contribution is 2.11. The van der Waals surface area contributed by atoms with Crippen LogP contribution in [0.5, 0.6) is 0 Å². The van der Waals surface area contributed by atoms with Crippen molar-refractivity contribution in [2.24, 2.45) is 0 Å². The Hall–Kier alpha value is -1.69. The number of hydrogen-bond acceptors (Lipinski definition) is 4. The molecule has 0 saturated carbocycles. The highest BCUT2D eigenvalue weighted by molar-refractivity contribution is 5.95. The van der Waals surface area contributed by atoms with Crippen LogP contribution in [0.15, 0.2) is 12.3 Å². The lowest BCUT2D eigenvalue weighted by Crippen LogP contribution is -2.29. The third-order valence-corrected chi connectivity index (χ3v) is 3.27. The smallest absolute Gasteiger partial charge is 0.254 e. The molecule has 1 aromatic heterocycles. The maximum Gasteiger partial charge on any atom is 0.254 e. The van der Waals surface area contributed by atoms with Gasteiger partial charge in [-0.25, -0.2) is 9.37 Å². The average Bonchev–Trinajstić information content (AvgIpc) is 2.40. The molecule has 0 aromatic carbocycles. The van der Waals surface area contributed by atoms with Crippen molar-refractivity contribution in [3.63, 3.8) is 0 Å². The van der Waals surface area contributed by atoms with Gasteiger partial charge in [-0.3, -0.25) is 4.79 Å². The summed E-state index contributed by atoms with van der Waals surface area (Å²) in [6, 6.07) is 1.84. The van der Waals surface area contributed by atoms with E-state index in [1.807, 2.05) is 0 Å². The minimum absolute atomic E-state index is 0.0585. The van der Waals surface area contributed by atoms with Crippen LogP contribution in [0, 0.1) is 5.82 Å². The fourth-order valence-electron chi connectivity index (χ4n) is 1.68. The second-order valence-corrected chi connectivity index (χ2v) is 5.10. The molecule has 0 radical (unpaired) electrons. The maximum atomic E-state index is 13.6. The molecule has 0 atom stereocenters. The third kappa shape index (κ3) is 4.77. The molecule has 0 spiro atoms. The molecule has 3 N–H and O–H groups in total. The number of amides is 1. The van der Waals surface area contributed by atoms with Crippen molar-refractivity contribution in [3.8, 4) is 0 Å². The fourth-order valence-corrected chi connectivity index (χ4v) is 1.68. The van der Waals surface area contributed by atoms with E-state index in [2.05, 4.69) is 36.1 Å². The molecule has 0 aliphatic rings. The molecule has 20 heavy (non-hydrogen) atoms. The number of aromatic nitrogens is 1. The van der Waals surface area contributed by atoms with Gasteiger partial charge < -0.3 is 16.0 Å². The van der Waals surface area contributed by atoms with Crippen molar-refractivity contribution < 1.29 is 9.18 Å². The summed E-state index contributed by atoms with van der Waals surface area (Å²) in [6.07, 6.45) is 3.16. The highest BCUT2D eigenvalue weighted by atomic mass is 19.1. The van der Waals surface area contributed by atoms with Crippen LogP contribution in [0.4, 0.5) is 10.2 Å². The molecule has 0 aliphatic heterocycles. The lowest BCUT2D eigenvalue weighted by Gasteiger charge is -2.20. The lowest BCUT2D eigenvalue weighted by atomic mass is 10.2. The van der Waals surface area contributed by atoms with Crippen molar-refractivity contribution >= 4 is 11.7 Å². The SMILES string of the molecule is CC(C)N(C)CCCCNC(=O)c1ccnc(N)c1F. The Morgan fingerprint density at radius 3 is 2.85 bits per heavy atom. The molecule has 0 unspecified atom stereocenters. The molecule has 1 heterocycles. The van der Waals surface area contributed by atoms with Crippen LogP contribution in [-0.4, -0.2) is 42.0 Å². The first-order valence-corrected chi connectivity index (χ1v) is 6.82. The number of nitrogens with one attached hydrogen (secondary N) is 1. The van der Waals surface area contributed by atoms with E-state index in [9.17, 15) is 9.18 Å². The topological polar surface area (TPSA) is 71.2 Å². The normalized spacial score (nSPS) is 11.1. The number of nitrogens with zero attached hydrogens (tertiary/aromatic N) is 2. The summed E-state index contributed by atoms with van der Waals surface area (Å²) in [6.45, 7) is 5.77. The Morgan fingerprint density at radius 1 is 1.50 bits per heavy atom. The second kappa shape index (κ2) is 7.79. The predicted molar refractivity (Wildman–Crippen MR) is 77.9 cm³/mol. The Balaban J connectivity index is 2.32. The molecular weight excluding hydrogens is 259 g/mol. The van der Waals surface area contributed by atoms with Gasteiger partial charge in [0, 0.05) is 18.8 Å². The lowest BCUT2D eigenvalue weighted by molar-refractivity contribution is 0.0948. The zero-order chi connectivity index (χ0) is 15.1. The minimum Gasteiger partial charge on any atom is -0.381 e. The highest BCUT2D eigenvalue weighted by Gasteiger charge is 2.13. The molecule has 0 aliphatic carbocycles. The molecule has 112 valence electrons. The van der Waals surface area contributed by atoms with Crippen LogP contribution < -0.4 is 11.1 Å². The molecule has 0 fully saturated rings. The molecule has 0 bridgehead atoms. The van der Waals surface area contributed by atoms with Crippen molar-refractivity contribution in [3.05, 3.63) is 23.6 Å². The number of hydrogen-bond donors (Lipinski definition) is 2. The van der Waals surface area contributed by atoms with Gasteiger partial charge in [0.1, 0.15) is 0 Å². The van der Waals surface area contributed by atoms with Gasteiger partial charge in [-0.2, -0.15) is 0 Å². The first-order chi connectivity index (χ1) is 9.43. The number of unbranched alkanes of at least 4 members (excludes halogenated alkanes) is 1. The quantitative estimate of drug-likeness (QED) is 0.746. The van der Waals surface area contributed by atoms with Crippen molar-refractivity contribution in [1.29, 1.82) is 0 Å². The van der Waals surface area contributed by atoms with Gasteiger partial charge in [-0.15, -0.1) is 0 Å². The Kier molecular flexibility index (Phi) is 6.38. The van der Waals surface area contributed by atoms with Crippen LogP contribution in [0.25, 0.3) is 0 Å². The number of halogens is 1. The van der Waals surface area contributed by atoms with Crippen molar-refractivity contribution in [1.82, 2.24) is 15.2 Å². The first kappa shape index (κ1) is 16.4. The van der Waals surface area contributed by atoms with Crippen LogP contribution >= 0.6 is 0 Å². The second-order valence-electron chi connectivity index (χ2n) is 5.10. The summed E-state index contributed by atoms with van der Waals surface area (Å²) in [7, 11) is 2.07. The summed E-state index contributed by atoms with van der Waals surface area (Å²) < 4.78 is 13.6. The van der Waals surface area contributed by atoms with Crippen LogP contribution in [0.1, 0.15) is 37.0 Å². The standard InChI is InChI=1S/C14H23FN4O/c1-10(2)19(3)9-5-4-7-18-14(20)11-6-8-17-13(16)12(11)15/h6,8,10H,4-5,7,9H2,1-3H3,(H2,16,17)(H,18,20). The average molecular weight is 282 g/mol. The molecule has 6 heteroatoms. The fraction of sp³-hybridized carbons (Fsp3) is 0.571. The van der Waals surface area contributed by atoms with E-state index in [0.29, 0.717) is 12.6 Å². The van der Waals surface area contributed by atoms with Crippen LogP contribution in [-0.2, 0) is 0 Å². The van der Waals surface area contributed by atoms with Gasteiger partial charge in [-0.05, 0) is 46.3 Å². The van der Waals surface area contributed by atoms with E-state index in [-0.39, 0.29) is 11.4 Å². The summed E-state index contributed by atoms with van der Waals surface area (Å²) in [5.74, 6) is -1.46. The summed E-state index contributed by atoms with van der Waals surface area (Å²) >= 11 is 0. The van der Waals surface area contributed by atoms with E-state index in [1.165, 1.54) is 12.3 Å². The monoisotopic (exact) mass is 282 g/mol. The number of nitrogen functional groups attached to an aromatic ring is 1. The first-order valence-electron chi connectivity index (χ1n) is 6.82. The van der Waals surface area contributed by atoms with Crippen molar-refractivity contribution in [2.45, 2.75) is 32.7 Å². The van der Waals surface area contributed by atoms with Crippen molar-refractivity contribution in [2.75, 3.05) is 25.9 Å². The number of nitrogens with two attached hydrogens (primary N) is 1. The van der Waals surface area contributed by atoms with Gasteiger partial charge in [0.2, 0.25) is 0 Å². The van der Waals surface area contributed by atoms with Crippen LogP contribution in [0.2, 0.25) is 0 Å². The number of pyridine rings is 1. The summed E-state index contributed by atoms with van der Waals surface area (Å²) in [5, 5.41) is 2.69. The summed E-state index contributed by atoms with van der Waals surface area (Å²) in [5.41, 5.74) is 5.27. The van der Waals surface area contributed by atoms with E-state index in [1.54, 1.807) is 0 Å². The maximum absolute atomic E-state index is 13.6. The van der Waals surface area contributed by atoms with Gasteiger partial charge in [0.05, 0.1) is 5.56 Å². The zero-order valence-corrected chi connectivity index (χ0v) is 12.3. The van der Waals surface area contributed by atoms with E-state index < -0.39 is 11.7 Å². The molecule has 1 rings (SSSR count). The largest absolute Gasteiger partial charge is 0.381 e. The Bertz CT molecular complexity index is 451. The Labute approximate surface area is 119 Å². The van der Waals surface area contributed by atoms with Gasteiger partial charge >= 0.3 is 0 Å². The molecule has 0 saturated heterocycles. The summed E-state index contributed by atoms with van der Waals surface area (Å²) in [4.78, 5) is 17.6. The van der Waals surface area contributed by atoms with E-state index >= 15 is 0 Å². The third-order valence-electron chi connectivity index (χ3n) is 3.27. The van der Waals surface area contributed by atoms with Gasteiger partial charge in [0.15, 0.2) is 11.6 Å². The number of anilines is 1. The number of carbonyl (C=O) groups is 1. The molecule has 5 nitrogen and oxygen atoms in total. The Morgan fingerprint density at radius 2 is 2.20 bits per heavy atom. The van der Waals surface area contributed by atoms with Gasteiger partial charge in [-0.1, -0.05) is 0 Å². The number of rotatable bonds is 7.